The number of rotatable bonds is 9. The zero-order valence-corrected chi connectivity index (χ0v) is 19.9. The van der Waals surface area contributed by atoms with E-state index in [9.17, 15) is 4.79 Å². The van der Waals surface area contributed by atoms with E-state index in [1.165, 1.54) is 4.88 Å². The molecule has 0 aliphatic rings. The molecule has 0 fully saturated rings. The van der Waals surface area contributed by atoms with Gasteiger partial charge in [0.05, 0.1) is 12.0 Å². The van der Waals surface area contributed by atoms with E-state index in [1.54, 1.807) is 36.7 Å². The van der Waals surface area contributed by atoms with Gasteiger partial charge in [0.1, 0.15) is 18.1 Å². The molecule has 0 aliphatic heterocycles. The highest BCUT2D eigenvalue weighted by atomic mass is 79.9. The Labute approximate surface area is 194 Å². The first-order valence-corrected chi connectivity index (χ1v) is 11.5. The lowest BCUT2D eigenvalue weighted by atomic mass is 10.1. The predicted octanol–water partition coefficient (Wildman–Crippen LogP) is 7.60. The highest BCUT2D eigenvalue weighted by Crippen LogP contribution is 2.29. The number of benzene rings is 2. The molecule has 3 aromatic rings. The van der Waals surface area contributed by atoms with Gasteiger partial charge in [0.15, 0.2) is 5.78 Å². The van der Waals surface area contributed by atoms with Crippen molar-refractivity contribution in [3.63, 3.8) is 0 Å². The number of methoxy groups -OCH3 is 1. The molecule has 1 aromatic heterocycles. The maximum absolute atomic E-state index is 12.6. The molecule has 1 heterocycles. The third-order valence-corrected chi connectivity index (χ3v) is 6.85. The Hall–Kier alpha value is -2.08. The van der Waals surface area contributed by atoms with Crippen LogP contribution in [-0.2, 0) is 13.0 Å². The minimum atomic E-state index is -0.00200. The number of halogens is 2. The number of hydrogen-bond donors (Lipinski definition) is 0. The predicted molar refractivity (Wildman–Crippen MR) is 128 cm³/mol. The maximum atomic E-state index is 12.6. The average molecular weight is 506 g/mol. The van der Waals surface area contributed by atoms with Crippen LogP contribution in [-0.4, -0.2) is 12.9 Å². The first-order chi connectivity index (χ1) is 14.5. The van der Waals surface area contributed by atoms with Gasteiger partial charge in [0, 0.05) is 19.9 Å². The van der Waals surface area contributed by atoms with E-state index in [-0.39, 0.29) is 5.78 Å². The van der Waals surface area contributed by atoms with Crippen molar-refractivity contribution in [1.29, 1.82) is 0 Å². The Bertz CT molecular complexity index is 1040. The van der Waals surface area contributed by atoms with E-state index in [0.29, 0.717) is 11.6 Å². The molecule has 30 heavy (non-hydrogen) atoms. The van der Waals surface area contributed by atoms with Crippen LogP contribution in [0.2, 0.25) is 5.02 Å². The van der Waals surface area contributed by atoms with Crippen LogP contribution in [0.1, 0.15) is 39.0 Å². The van der Waals surface area contributed by atoms with E-state index in [0.717, 1.165) is 44.8 Å². The molecule has 6 heteroatoms. The summed E-state index contributed by atoms with van der Waals surface area (Å²) in [4.78, 5) is 14.5. The molecule has 0 bridgehead atoms. The monoisotopic (exact) mass is 504 g/mol. The molecular formula is C24H22BrClO3S. The van der Waals surface area contributed by atoms with Crippen molar-refractivity contribution in [3.05, 3.63) is 85.0 Å². The van der Waals surface area contributed by atoms with E-state index in [1.807, 2.05) is 42.5 Å². The quantitative estimate of drug-likeness (QED) is 0.222. The molecule has 0 N–H and O–H groups in total. The van der Waals surface area contributed by atoms with Crippen LogP contribution in [0.25, 0.3) is 6.08 Å². The summed E-state index contributed by atoms with van der Waals surface area (Å²) in [5, 5.41) is 0.663. The number of ketones is 1. The second-order valence-electron chi connectivity index (χ2n) is 6.64. The van der Waals surface area contributed by atoms with Crippen LogP contribution in [0.3, 0.4) is 0 Å². The average Bonchev–Trinajstić information content (AvgIpc) is 3.12. The minimum Gasteiger partial charge on any atom is -0.496 e. The molecule has 0 radical (unpaired) electrons. The summed E-state index contributed by atoms with van der Waals surface area (Å²) in [6.45, 7) is 2.48. The number of aryl methyl sites for hydroxylation is 1. The number of hydrogen-bond acceptors (Lipinski definition) is 4. The standard InChI is InChI=1S/C24H22BrClO3S/c1-3-4-23-20(25)14-24(30-23)21(27)11-5-16-6-12-22(28-2)17(13-16)15-29-19-9-7-18(26)8-10-19/h5-14H,3-4,15H2,1-2H3/b11-5+. The van der Waals surface area contributed by atoms with Gasteiger partial charge in [-0.15, -0.1) is 11.3 Å². The Morgan fingerprint density at radius 3 is 2.63 bits per heavy atom. The van der Waals surface area contributed by atoms with Gasteiger partial charge in [-0.25, -0.2) is 0 Å². The minimum absolute atomic E-state index is 0.00200. The molecule has 0 atom stereocenters. The molecule has 3 nitrogen and oxygen atoms in total. The Morgan fingerprint density at radius 2 is 1.93 bits per heavy atom. The van der Waals surface area contributed by atoms with Gasteiger partial charge in [-0.2, -0.15) is 0 Å². The lowest BCUT2D eigenvalue weighted by Crippen LogP contribution is -1.99. The second kappa shape index (κ2) is 10.8. The second-order valence-corrected chi connectivity index (χ2v) is 9.07. The van der Waals surface area contributed by atoms with Crippen molar-refractivity contribution in [2.75, 3.05) is 7.11 Å². The Balaban J connectivity index is 1.72. The maximum Gasteiger partial charge on any atom is 0.195 e. The van der Waals surface area contributed by atoms with Crippen LogP contribution in [0.5, 0.6) is 11.5 Å². The molecule has 0 unspecified atom stereocenters. The smallest absolute Gasteiger partial charge is 0.195 e. The van der Waals surface area contributed by atoms with Gasteiger partial charge in [0.2, 0.25) is 0 Å². The third-order valence-electron chi connectivity index (χ3n) is 4.42. The first kappa shape index (κ1) is 22.6. The summed E-state index contributed by atoms with van der Waals surface area (Å²) in [5.74, 6) is 1.46. The third kappa shape index (κ3) is 5.97. The SMILES string of the molecule is CCCc1sc(C(=O)/C=C/c2ccc(OC)c(COc3ccc(Cl)cc3)c2)cc1Br. The van der Waals surface area contributed by atoms with Crippen molar-refractivity contribution in [3.8, 4) is 11.5 Å². The highest BCUT2D eigenvalue weighted by molar-refractivity contribution is 9.10. The van der Waals surface area contributed by atoms with Gasteiger partial charge < -0.3 is 9.47 Å². The fourth-order valence-electron chi connectivity index (χ4n) is 2.89. The van der Waals surface area contributed by atoms with Gasteiger partial charge in [0.25, 0.3) is 0 Å². The lowest BCUT2D eigenvalue weighted by molar-refractivity contribution is 0.105. The van der Waals surface area contributed by atoms with Crippen LogP contribution in [0.4, 0.5) is 0 Å². The van der Waals surface area contributed by atoms with Crippen molar-refractivity contribution in [2.45, 2.75) is 26.4 Å². The Morgan fingerprint density at radius 1 is 1.17 bits per heavy atom. The lowest BCUT2D eigenvalue weighted by Gasteiger charge is -2.11. The normalized spacial score (nSPS) is 11.1. The number of thiophene rings is 1. The van der Waals surface area contributed by atoms with E-state index in [4.69, 9.17) is 21.1 Å². The van der Waals surface area contributed by atoms with Crippen LogP contribution in [0, 0.1) is 0 Å². The zero-order chi connectivity index (χ0) is 21.5. The van der Waals surface area contributed by atoms with E-state index >= 15 is 0 Å². The molecule has 0 amide bonds. The summed E-state index contributed by atoms with van der Waals surface area (Å²) >= 11 is 11.0. The van der Waals surface area contributed by atoms with Gasteiger partial charge >= 0.3 is 0 Å². The zero-order valence-electron chi connectivity index (χ0n) is 16.8. The van der Waals surface area contributed by atoms with Gasteiger partial charge in [-0.05, 0) is 76.5 Å². The first-order valence-electron chi connectivity index (χ1n) is 9.56. The summed E-state index contributed by atoms with van der Waals surface area (Å²) in [7, 11) is 1.63. The van der Waals surface area contributed by atoms with Gasteiger partial charge in [-0.3, -0.25) is 4.79 Å². The van der Waals surface area contributed by atoms with Crippen molar-refractivity contribution in [1.82, 2.24) is 0 Å². The van der Waals surface area contributed by atoms with Crippen LogP contribution in [0.15, 0.2) is 59.1 Å². The Kier molecular flexibility index (Phi) is 8.14. The largest absolute Gasteiger partial charge is 0.496 e. The summed E-state index contributed by atoms with van der Waals surface area (Å²) in [6.07, 6.45) is 5.45. The molecule has 156 valence electrons. The highest BCUT2D eigenvalue weighted by Gasteiger charge is 2.11. The van der Waals surface area contributed by atoms with Crippen molar-refractivity contribution in [2.24, 2.45) is 0 Å². The topological polar surface area (TPSA) is 35.5 Å². The van der Waals surface area contributed by atoms with Gasteiger partial charge in [-0.1, -0.05) is 37.1 Å². The number of carbonyl (C=O) groups excluding carboxylic acids is 1. The fraction of sp³-hybridized carbons (Fsp3) is 0.208. The molecule has 0 saturated carbocycles. The molecule has 2 aromatic carbocycles. The fourth-order valence-corrected chi connectivity index (χ4v) is 4.91. The molecule has 3 rings (SSSR count). The number of ether oxygens (including phenoxy) is 2. The molecule has 0 spiro atoms. The van der Waals surface area contributed by atoms with Crippen LogP contribution < -0.4 is 9.47 Å². The molecule has 0 aliphatic carbocycles. The molecular weight excluding hydrogens is 484 g/mol. The number of allylic oxidation sites excluding steroid dienone is 1. The summed E-state index contributed by atoms with van der Waals surface area (Å²) in [5.41, 5.74) is 1.80. The summed E-state index contributed by atoms with van der Waals surface area (Å²) in [6, 6.07) is 14.9. The summed E-state index contributed by atoms with van der Waals surface area (Å²) < 4.78 is 12.3. The van der Waals surface area contributed by atoms with Crippen molar-refractivity contribution < 1.29 is 14.3 Å². The van der Waals surface area contributed by atoms with Crippen LogP contribution >= 0.6 is 38.9 Å². The van der Waals surface area contributed by atoms with Crippen molar-refractivity contribution >= 4 is 50.7 Å². The molecule has 0 saturated heterocycles. The van der Waals surface area contributed by atoms with E-state index < -0.39 is 0 Å². The van der Waals surface area contributed by atoms with E-state index in [2.05, 4.69) is 22.9 Å². The number of carbonyl (C=O) groups is 1.